The molecule has 22 heavy (non-hydrogen) atoms. The molecule has 4 nitrogen and oxygen atoms in total. The third-order valence-electron chi connectivity index (χ3n) is 2.86. The van der Waals surface area contributed by atoms with Crippen LogP contribution >= 0.6 is 0 Å². The first-order valence-corrected chi connectivity index (χ1v) is 7.10. The normalized spacial score (nSPS) is 13.5. The number of ether oxygens (including phenoxy) is 1. The van der Waals surface area contributed by atoms with Crippen LogP contribution in [0.25, 0.3) is 0 Å². The molecule has 7 heteroatoms. The summed E-state index contributed by atoms with van der Waals surface area (Å²) in [6.45, 7) is 1.26. The van der Waals surface area contributed by atoms with Gasteiger partial charge in [-0.2, -0.15) is 0 Å². The van der Waals surface area contributed by atoms with Crippen LogP contribution in [0.1, 0.15) is 12.5 Å². The van der Waals surface area contributed by atoms with Crippen LogP contribution in [0.5, 0.6) is 5.75 Å². The fourth-order valence-corrected chi connectivity index (χ4v) is 1.66. The van der Waals surface area contributed by atoms with Crippen molar-refractivity contribution < 1.29 is 22.7 Å². The number of rotatable bonds is 10. The van der Waals surface area contributed by atoms with Crippen molar-refractivity contribution in [3.8, 4) is 5.75 Å². The van der Waals surface area contributed by atoms with E-state index in [2.05, 4.69) is 10.6 Å². The van der Waals surface area contributed by atoms with Gasteiger partial charge in [-0.1, -0.05) is 12.1 Å². The van der Waals surface area contributed by atoms with Crippen LogP contribution in [0.2, 0.25) is 0 Å². The molecule has 0 radical (unpaired) electrons. The van der Waals surface area contributed by atoms with E-state index in [1.165, 1.54) is 0 Å². The van der Waals surface area contributed by atoms with Crippen LogP contribution in [0.3, 0.4) is 0 Å². The van der Waals surface area contributed by atoms with Crippen molar-refractivity contribution in [1.29, 1.82) is 0 Å². The first-order chi connectivity index (χ1) is 10.6. The fourth-order valence-electron chi connectivity index (χ4n) is 1.66. The molecule has 0 fully saturated rings. The summed E-state index contributed by atoms with van der Waals surface area (Å²) in [5, 5.41) is 5.64. The van der Waals surface area contributed by atoms with Gasteiger partial charge in [0.25, 0.3) is 0 Å². The van der Waals surface area contributed by atoms with Crippen molar-refractivity contribution in [2.75, 3.05) is 26.4 Å². The van der Waals surface area contributed by atoms with Gasteiger partial charge < -0.3 is 15.4 Å². The Kier molecular flexibility index (Phi) is 8.35. The van der Waals surface area contributed by atoms with Crippen molar-refractivity contribution in [2.24, 2.45) is 0 Å². The Labute approximate surface area is 128 Å². The Balaban J connectivity index is 2.32. The van der Waals surface area contributed by atoms with Crippen molar-refractivity contribution in [1.82, 2.24) is 10.6 Å². The fraction of sp³-hybridized carbons (Fsp3) is 0.533. The summed E-state index contributed by atoms with van der Waals surface area (Å²) in [7, 11) is 0. The number of benzene rings is 1. The molecule has 0 bridgehead atoms. The maximum atomic E-state index is 13.1. The second kappa shape index (κ2) is 10.0. The highest BCUT2D eigenvalue weighted by Gasteiger charge is 2.20. The summed E-state index contributed by atoms with van der Waals surface area (Å²) >= 11 is 0. The smallest absolute Gasteiger partial charge is 0.233 e. The molecule has 0 aliphatic rings. The molecule has 2 atom stereocenters. The van der Waals surface area contributed by atoms with E-state index in [4.69, 9.17) is 4.74 Å². The molecule has 124 valence electrons. The Morgan fingerprint density at radius 1 is 1.23 bits per heavy atom. The van der Waals surface area contributed by atoms with Crippen LogP contribution in [0, 0.1) is 0 Å². The first-order valence-electron chi connectivity index (χ1n) is 7.10. The molecule has 0 saturated heterocycles. The maximum Gasteiger partial charge on any atom is 0.233 e. The third-order valence-corrected chi connectivity index (χ3v) is 2.86. The number of nitrogens with one attached hydrogen (secondary N) is 2. The van der Waals surface area contributed by atoms with Gasteiger partial charge >= 0.3 is 0 Å². The van der Waals surface area contributed by atoms with Gasteiger partial charge in [0.15, 0.2) is 12.3 Å². The summed E-state index contributed by atoms with van der Waals surface area (Å²) in [5.41, 5.74) is 0.917. The number of hydrogen-bond acceptors (Lipinski definition) is 3. The van der Waals surface area contributed by atoms with Gasteiger partial charge in [-0.15, -0.1) is 0 Å². The van der Waals surface area contributed by atoms with Gasteiger partial charge in [-0.3, -0.25) is 4.79 Å². The van der Waals surface area contributed by atoms with E-state index in [9.17, 15) is 18.0 Å². The molecule has 0 heterocycles. The van der Waals surface area contributed by atoms with Gasteiger partial charge in [-0.25, -0.2) is 13.2 Å². The van der Waals surface area contributed by atoms with Crippen molar-refractivity contribution in [3.63, 3.8) is 0 Å². The first kappa shape index (κ1) is 18.3. The summed E-state index contributed by atoms with van der Waals surface area (Å²) in [4.78, 5) is 11.2. The highest BCUT2D eigenvalue weighted by molar-refractivity contribution is 5.77. The maximum absolute atomic E-state index is 13.1. The SMILES string of the molecule is CCNC(=O)CNCc1ccc(OCC(F)C(F)CF)cc1. The van der Waals surface area contributed by atoms with Crippen molar-refractivity contribution in [2.45, 2.75) is 25.8 Å². The molecule has 0 aromatic heterocycles. The summed E-state index contributed by atoms with van der Waals surface area (Å²) in [5.74, 6) is 0.297. The number of alkyl halides is 3. The molecule has 0 spiro atoms. The molecule has 2 N–H and O–H groups in total. The number of carbonyl (C=O) groups is 1. The second-order valence-corrected chi connectivity index (χ2v) is 4.70. The lowest BCUT2D eigenvalue weighted by molar-refractivity contribution is -0.120. The highest BCUT2D eigenvalue weighted by Crippen LogP contribution is 2.14. The Morgan fingerprint density at radius 2 is 1.91 bits per heavy atom. The lowest BCUT2D eigenvalue weighted by Gasteiger charge is -2.12. The number of likely N-dealkylation sites (N-methyl/N-ethyl adjacent to an activating group) is 1. The van der Waals surface area contributed by atoms with E-state index >= 15 is 0 Å². The van der Waals surface area contributed by atoms with E-state index in [-0.39, 0.29) is 12.5 Å². The van der Waals surface area contributed by atoms with Crippen LogP contribution in [0.4, 0.5) is 13.2 Å². The van der Waals surface area contributed by atoms with E-state index in [0.29, 0.717) is 18.8 Å². The standard InChI is InChI=1S/C15H21F3N2O2/c1-2-20-15(21)9-19-8-11-3-5-12(6-4-11)22-10-14(18)13(17)7-16/h3-6,13-14,19H,2,7-10H2,1H3,(H,20,21). The van der Waals surface area contributed by atoms with Crippen molar-refractivity contribution in [3.05, 3.63) is 29.8 Å². The van der Waals surface area contributed by atoms with E-state index in [1.54, 1.807) is 24.3 Å². The number of halogens is 3. The lowest BCUT2D eigenvalue weighted by Crippen LogP contribution is -2.33. The minimum Gasteiger partial charge on any atom is -0.490 e. The van der Waals surface area contributed by atoms with Gasteiger partial charge in [0.2, 0.25) is 5.91 Å². The van der Waals surface area contributed by atoms with Crippen LogP contribution in [-0.4, -0.2) is 44.6 Å². The molecule has 1 rings (SSSR count). The van der Waals surface area contributed by atoms with Crippen LogP contribution in [0.15, 0.2) is 24.3 Å². The summed E-state index contributed by atoms with van der Waals surface area (Å²) in [6.07, 6.45) is -4.14. The third kappa shape index (κ3) is 6.80. The number of hydrogen-bond donors (Lipinski definition) is 2. The Bertz CT molecular complexity index is 443. The molecule has 0 saturated carbocycles. The molecule has 1 amide bonds. The number of amides is 1. The van der Waals surface area contributed by atoms with E-state index < -0.39 is 25.6 Å². The largest absolute Gasteiger partial charge is 0.490 e. The molecule has 0 aliphatic heterocycles. The van der Waals surface area contributed by atoms with E-state index in [0.717, 1.165) is 5.56 Å². The zero-order chi connectivity index (χ0) is 16.4. The van der Waals surface area contributed by atoms with Crippen molar-refractivity contribution >= 4 is 5.91 Å². The molecule has 0 aliphatic carbocycles. The zero-order valence-electron chi connectivity index (χ0n) is 12.5. The van der Waals surface area contributed by atoms with Gasteiger partial charge in [-0.05, 0) is 24.6 Å². The topological polar surface area (TPSA) is 50.4 Å². The zero-order valence-corrected chi connectivity index (χ0v) is 12.5. The molecular formula is C15H21F3N2O2. The summed E-state index contributed by atoms with van der Waals surface area (Å²) < 4.78 is 42.7. The predicted octanol–water partition coefficient (Wildman–Crippen LogP) is 1.94. The van der Waals surface area contributed by atoms with Crippen LogP contribution in [-0.2, 0) is 11.3 Å². The highest BCUT2D eigenvalue weighted by atomic mass is 19.2. The number of carbonyl (C=O) groups excluding carboxylic acids is 1. The average Bonchev–Trinajstić information content (AvgIpc) is 2.53. The molecular weight excluding hydrogens is 297 g/mol. The monoisotopic (exact) mass is 318 g/mol. The Morgan fingerprint density at radius 3 is 2.50 bits per heavy atom. The molecule has 2 unspecified atom stereocenters. The van der Waals surface area contributed by atoms with E-state index in [1.807, 2.05) is 6.92 Å². The van der Waals surface area contributed by atoms with Gasteiger partial charge in [0.05, 0.1) is 6.54 Å². The van der Waals surface area contributed by atoms with Gasteiger partial charge in [0.1, 0.15) is 19.0 Å². The predicted molar refractivity (Wildman–Crippen MR) is 78.1 cm³/mol. The second-order valence-electron chi connectivity index (χ2n) is 4.70. The quantitative estimate of drug-likeness (QED) is 0.693. The lowest BCUT2D eigenvalue weighted by atomic mass is 10.2. The van der Waals surface area contributed by atoms with Gasteiger partial charge in [0, 0.05) is 13.1 Å². The minimum atomic E-state index is -2.15. The molecule has 1 aromatic carbocycles. The average molecular weight is 318 g/mol. The summed E-state index contributed by atoms with van der Waals surface area (Å²) in [6, 6.07) is 6.71. The minimum absolute atomic E-state index is 0.0786. The molecule has 1 aromatic rings. The Hall–Kier alpha value is -1.76. The van der Waals surface area contributed by atoms with Crippen LogP contribution < -0.4 is 15.4 Å².